The summed E-state index contributed by atoms with van der Waals surface area (Å²) in [4.78, 5) is 49.7. The van der Waals surface area contributed by atoms with Crippen LogP contribution in [0.3, 0.4) is 0 Å². The maximum absolute atomic E-state index is 12.4. The lowest BCUT2D eigenvalue weighted by Crippen LogP contribution is -2.52. The number of carbonyl (C=O) groups is 4. The molecule has 194 valence electrons. The van der Waals surface area contributed by atoms with Crippen LogP contribution in [0.5, 0.6) is 0 Å². The van der Waals surface area contributed by atoms with Crippen LogP contribution in [0, 0.1) is 5.92 Å². The molecule has 3 aliphatic rings. The molecule has 4 amide bonds. The minimum atomic E-state index is -0.535. The molecule has 4 rings (SSSR count). The van der Waals surface area contributed by atoms with E-state index < -0.39 is 11.7 Å². The Hall–Kier alpha value is -2.90. The van der Waals surface area contributed by atoms with Crippen molar-refractivity contribution in [2.24, 2.45) is 5.92 Å². The molecule has 1 aromatic rings. The number of likely N-dealkylation sites (tertiary alicyclic amines) is 1. The van der Waals surface area contributed by atoms with Crippen molar-refractivity contribution in [2.45, 2.75) is 84.8 Å². The van der Waals surface area contributed by atoms with Crippen molar-refractivity contribution in [3.05, 3.63) is 35.4 Å². The van der Waals surface area contributed by atoms with E-state index in [9.17, 15) is 19.2 Å². The summed E-state index contributed by atoms with van der Waals surface area (Å²) >= 11 is 0. The van der Waals surface area contributed by atoms with Crippen molar-refractivity contribution in [1.29, 1.82) is 0 Å². The van der Waals surface area contributed by atoms with Gasteiger partial charge in [-0.05, 0) is 64.5 Å². The molecule has 0 spiro atoms. The molecule has 8 nitrogen and oxygen atoms in total. The van der Waals surface area contributed by atoms with Gasteiger partial charge in [0, 0.05) is 19.6 Å². The molecule has 2 aliphatic heterocycles. The lowest BCUT2D eigenvalue weighted by Gasteiger charge is -2.44. The predicted octanol–water partition coefficient (Wildman–Crippen LogP) is 4.63. The molecule has 2 heterocycles. The zero-order chi connectivity index (χ0) is 26.2. The number of piperidine rings is 1. The van der Waals surface area contributed by atoms with Crippen LogP contribution in [0.2, 0.25) is 0 Å². The van der Waals surface area contributed by atoms with Gasteiger partial charge in [0.05, 0.1) is 11.1 Å². The number of hydrogen-bond acceptors (Lipinski definition) is 5. The molecule has 2 unspecified atom stereocenters. The Kier molecular flexibility index (Phi) is 10.3. The van der Waals surface area contributed by atoms with Crippen molar-refractivity contribution < 1.29 is 23.9 Å². The van der Waals surface area contributed by atoms with E-state index in [4.69, 9.17) is 4.74 Å². The zero-order valence-electron chi connectivity index (χ0n) is 22.1. The average molecular weight is 488 g/mol. The first-order valence-corrected chi connectivity index (χ1v) is 12.8. The van der Waals surface area contributed by atoms with Crippen LogP contribution in [-0.2, 0) is 9.53 Å². The molecule has 2 fully saturated rings. The van der Waals surface area contributed by atoms with E-state index in [0.717, 1.165) is 24.3 Å². The van der Waals surface area contributed by atoms with Crippen LogP contribution in [-0.4, -0.2) is 65.4 Å². The number of hydrogen-bond donors (Lipinski definition) is 1. The molecule has 8 heteroatoms. The number of ether oxygens (including phenoxy) is 1. The Morgan fingerprint density at radius 2 is 1.51 bits per heavy atom. The fourth-order valence-corrected chi connectivity index (χ4v) is 4.81. The van der Waals surface area contributed by atoms with Gasteiger partial charge < -0.3 is 15.0 Å². The minimum absolute atomic E-state index is 0.0254. The molecular weight excluding hydrogens is 446 g/mol. The van der Waals surface area contributed by atoms with Crippen molar-refractivity contribution in [1.82, 2.24) is 15.1 Å². The molecule has 0 bridgehead atoms. The van der Waals surface area contributed by atoms with Gasteiger partial charge in [-0.2, -0.15) is 0 Å². The summed E-state index contributed by atoms with van der Waals surface area (Å²) in [5.74, 6) is 0.265. The van der Waals surface area contributed by atoms with Crippen molar-refractivity contribution in [3.8, 4) is 0 Å². The topological polar surface area (TPSA) is 96.0 Å². The third-order valence-electron chi connectivity index (χ3n) is 6.34. The molecule has 1 saturated carbocycles. The number of fused-ring (bicyclic) bond motifs is 2. The van der Waals surface area contributed by atoms with Gasteiger partial charge >= 0.3 is 6.09 Å². The van der Waals surface area contributed by atoms with Crippen LogP contribution in [0.1, 0.15) is 93.9 Å². The fourth-order valence-electron chi connectivity index (χ4n) is 4.81. The lowest BCUT2D eigenvalue weighted by molar-refractivity contribution is -0.136. The smallest absolute Gasteiger partial charge is 0.408 e. The number of carbonyl (C=O) groups excluding carboxylic acids is 4. The van der Waals surface area contributed by atoms with E-state index in [-0.39, 0.29) is 24.3 Å². The second-order valence-electron chi connectivity index (χ2n) is 9.91. The van der Waals surface area contributed by atoms with Gasteiger partial charge in [-0.25, -0.2) is 4.79 Å². The number of amides is 4. The largest absolute Gasteiger partial charge is 0.444 e. The molecule has 1 N–H and O–H groups in total. The molecule has 1 aliphatic carbocycles. The first kappa shape index (κ1) is 28.3. The number of benzene rings is 1. The van der Waals surface area contributed by atoms with Crippen LogP contribution < -0.4 is 5.32 Å². The number of nitrogens with zero attached hydrogens (tertiary/aromatic N) is 2. The third kappa shape index (κ3) is 7.54. The van der Waals surface area contributed by atoms with E-state index in [1.807, 2.05) is 39.5 Å². The second-order valence-corrected chi connectivity index (χ2v) is 9.91. The first-order valence-electron chi connectivity index (χ1n) is 12.8. The first-order chi connectivity index (χ1) is 16.6. The summed E-state index contributed by atoms with van der Waals surface area (Å²) in [6, 6.07) is 7.23. The summed E-state index contributed by atoms with van der Waals surface area (Å²) in [5, 5.41) is 2.58. The highest BCUT2D eigenvalue weighted by Gasteiger charge is 2.35. The van der Waals surface area contributed by atoms with Crippen molar-refractivity contribution >= 4 is 23.8 Å². The van der Waals surface area contributed by atoms with Gasteiger partial charge in [-0.3, -0.25) is 19.3 Å². The summed E-state index contributed by atoms with van der Waals surface area (Å²) in [6.45, 7) is 10.3. The zero-order valence-corrected chi connectivity index (χ0v) is 22.1. The van der Waals surface area contributed by atoms with Gasteiger partial charge in [-0.15, -0.1) is 0 Å². The Morgan fingerprint density at radius 1 is 0.971 bits per heavy atom. The van der Waals surface area contributed by atoms with Gasteiger partial charge in [0.2, 0.25) is 5.91 Å². The maximum Gasteiger partial charge on any atom is 0.408 e. The molecule has 0 radical (unpaired) electrons. The highest BCUT2D eigenvalue weighted by atomic mass is 16.6. The van der Waals surface area contributed by atoms with Gasteiger partial charge in [0.1, 0.15) is 12.1 Å². The Bertz CT molecular complexity index is 871. The number of alkyl carbamates (subject to hydrolysis) is 1. The second kappa shape index (κ2) is 12.7. The molecule has 1 saturated heterocycles. The number of imide groups is 1. The highest BCUT2D eigenvalue weighted by molar-refractivity contribution is 6.21. The SMILES string of the molecule is CC.CC(C)(C)OC(=O)NCC(=O)N1CCCC2CCCCC21.CN1C(=O)c2ccccc2C1=O. The Labute approximate surface area is 209 Å². The summed E-state index contributed by atoms with van der Waals surface area (Å²) in [5.41, 5.74) is 0.474. The van der Waals surface area contributed by atoms with Crippen LogP contribution in [0.4, 0.5) is 4.79 Å². The van der Waals surface area contributed by atoms with Gasteiger partial charge in [0.25, 0.3) is 11.8 Å². The molecule has 1 aromatic carbocycles. The molecule has 0 aromatic heterocycles. The van der Waals surface area contributed by atoms with Crippen LogP contribution in [0.25, 0.3) is 0 Å². The van der Waals surface area contributed by atoms with E-state index in [1.54, 1.807) is 24.3 Å². The van der Waals surface area contributed by atoms with Crippen LogP contribution >= 0.6 is 0 Å². The monoisotopic (exact) mass is 487 g/mol. The summed E-state index contributed by atoms with van der Waals surface area (Å²) in [7, 11) is 1.49. The third-order valence-corrected chi connectivity index (χ3v) is 6.34. The fraction of sp³-hybridized carbons (Fsp3) is 0.630. The summed E-state index contributed by atoms with van der Waals surface area (Å²) in [6.07, 6.45) is 6.67. The van der Waals surface area contributed by atoms with Crippen molar-refractivity contribution in [3.63, 3.8) is 0 Å². The Morgan fingerprint density at radius 3 is 2.09 bits per heavy atom. The lowest BCUT2D eigenvalue weighted by atomic mass is 9.78. The summed E-state index contributed by atoms with van der Waals surface area (Å²) < 4.78 is 5.16. The van der Waals surface area contributed by atoms with Gasteiger partial charge in [-0.1, -0.05) is 38.8 Å². The highest BCUT2D eigenvalue weighted by Crippen LogP contribution is 2.35. The van der Waals surface area contributed by atoms with E-state index in [1.165, 1.54) is 32.7 Å². The Balaban J connectivity index is 0.000000260. The van der Waals surface area contributed by atoms with Crippen LogP contribution in [0.15, 0.2) is 24.3 Å². The average Bonchev–Trinajstić information content (AvgIpc) is 3.07. The number of rotatable bonds is 2. The normalized spacial score (nSPS) is 21.0. The van der Waals surface area contributed by atoms with Gasteiger partial charge in [0.15, 0.2) is 0 Å². The van der Waals surface area contributed by atoms with E-state index in [2.05, 4.69) is 5.32 Å². The quantitative estimate of drug-likeness (QED) is 0.614. The molecular formula is C27H41N3O5. The molecule has 35 heavy (non-hydrogen) atoms. The van der Waals surface area contributed by atoms with E-state index in [0.29, 0.717) is 23.1 Å². The maximum atomic E-state index is 12.4. The molecule has 2 atom stereocenters. The van der Waals surface area contributed by atoms with E-state index >= 15 is 0 Å². The number of nitrogens with one attached hydrogen (secondary N) is 1. The van der Waals surface area contributed by atoms with Crippen molar-refractivity contribution in [2.75, 3.05) is 20.1 Å². The standard InChI is InChI=1S/C16H28N2O3.C9H7NO2.C2H6/c1-16(2,3)21-15(20)17-11-14(19)18-10-6-8-12-7-4-5-9-13(12)18;1-10-8(11)6-4-2-3-5-7(6)9(10)12;1-2/h12-13H,4-11H2,1-3H3,(H,17,20);2-5H,1H3;1-2H3. The predicted molar refractivity (Wildman–Crippen MR) is 135 cm³/mol. The minimum Gasteiger partial charge on any atom is -0.444 e.